The van der Waals surface area contributed by atoms with Crippen molar-refractivity contribution >= 4 is 16.8 Å². The molecule has 0 bridgehead atoms. The number of hydrogen-bond acceptors (Lipinski definition) is 5. The number of rotatable bonds is 7. The van der Waals surface area contributed by atoms with Crippen LogP contribution in [0.3, 0.4) is 0 Å². The van der Waals surface area contributed by atoms with Crippen molar-refractivity contribution in [3.8, 4) is 0 Å². The molecule has 1 N–H and O–H groups in total. The molecule has 3 aromatic rings. The summed E-state index contributed by atoms with van der Waals surface area (Å²) in [6, 6.07) is 14.6. The fraction of sp³-hybridized carbons (Fsp3) is 0.318. The number of aromatic nitrogens is 1. The van der Waals surface area contributed by atoms with Gasteiger partial charge in [0.15, 0.2) is 0 Å². The van der Waals surface area contributed by atoms with Crippen LogP contribution >= 0.6 is 0 Å². The van der Waals surface area contributed by atoms with Crippen LogP contribution in [-0.4, -0.2) is 17.5 Å². The van der Waals surface area contributed by atoms with Gasteiger partial charge in [0.2, 0.25) is 11.8 Å². The number of carbonyl (C=O) groups excluding carboxylic acids is 1. The van der Waals surface area contributed by atoms with E-state index in [4.69, 9.17) is 9.15 Å². The Kier molecular flexibility index (Phi) is 6.21. The highest BCUT2D eigenvalue weighted by Gasteiger charge is 2.24. The predicted octanol–water partition coefficient (Wildman–Crippen LogP) is 3.53. The maximum Gasteiger partial charge on any atom is 0.347 e. The molecule has 0 spiro atoms. The number of nitrogens with zero attached hydrogens (tertiary/aromatic N) is 1. The molecular formula is C22H24N2O4. The maximum atomic E-state index is 12.4. The first-order valence-electron chi connectivity index (χ1n) is 9.27. The highest BCUT2D eigenvalue weighted by atomic mass is 16.5. The summed E-state index contributed by atoms with van der Waals surface area (Å²) in [7, 11) is 0. The fourth-order valence-corrected chi connectivity index (χ4v) is 3.00. The second kappa shape index (κ2) is 8.80. The Hall–Kier alpha value is -2.99. The number of hydrogen-bond donors (Lipinski definition) is 1. The second-order valence-corrected chi connectivity index (χ2v) is 7.08. The van der Waals surface area contributed by atoms with Gasteiger partial charge in [-0.3, -0.25) is 4.79 Å². The SMILES string of the molecule is Cc1cccc2nc(C(NC(=O)COCc3ccccc3)C(C)C)oc(=O)c12. The number of ether oxygens (including phenoxy) is 1. The molecule has 3 rings (SSSR count). The monoisotopic (exact) mass is 380 g/mol. The van der Waals surface area contributed by atoms with Crippen LogP contribution in [0, 0.1) is 12.8 Å². The number of carbonyl (C=O) groups is 1. The molecule has 6 heteroatoms. The first-order chi connectivity index (χ1) is 13.5. The van der Waals surface area contributed by atoms with E-state index in [1.54, 1.807) is 6.07 Å². The van der Waals surface area contributed by atoms with Crippen LogP contribution in [0.4, 0.5) is 0 Å². The summed E-state index contributed by atoms with van der Waals surface area (Å²) in [5, 5.41) is 3.33. The molecule has 28 heavy (non-hydrogen) atoms. The summed E-state index contributed by atoms with van der Waals surface area (Å²) in [6.07, 6.45) is 0. The van der Waals surface area contributed by atoms with Gasteiger partial charge in [0.25, 0.3) is 0 Å². The van der Waals surface area contributed by atoms with Gasteiger partial charge in [-0.2, -0.15) is 0 Å². The maximum absolute atomic E-state index is 12.4. The number of benzene rings is 2. The Bertz CT molecular complexity index is 1010. The second-order valence-electron chi connectivity index (χ2n) is 7.08. The van der Waals surface area contributed by atoms with Gasteiger partial charge in [-0.1, -0.05) is 56.3 Å². The zero-order valence-electron chi connectivity index (χ0n) is 16.3. The molecule has 6 nitrogen and oxygen atoms in total. The van der Waals surface area contributed by atoms with E-state index < -0.39 is 11.7 Å². The molecule has 1 aromatic heterocycles. The number of amides is 1. The van der Waals surface area contributed by atoms with E-state index in [0.29, 0.717) is 17.5 Å². The topological polar surface area (TPSA) is 81.4 Å². The van der Waals surface area contributed by atoms with Crippen molar-refractivity contribution in [2.24, 2.45) is 5.92 Å². The molecule has 0 aliphatic rings. The lowest BCUT2D eigenvalue weighted by molar-refractivity contribution is -0.127. The third-order valence-corrected chi connectivity index (χ3v) is 4.48. The molecule has 1 heterocycles. The van der Waals surface area contributed by atoms with Crippen LogP contribution in [0.1, 0.15) is 36.9 Å². The summed E-state index contributed by atoms with van der Waals surface area (Å²) in [4.78, 5) is 29.2. The third kappa shape index (κ3) is 4.64. The van der Waals surface area contributed by atoms with E-state index in [2.05, 4.69) is 10.3 Å². The quantitative estimate of drug-likeness (QED) is 0.678. The van der Waals surface area contributed by atoms with Gasteiger partial charge in [-0.25, -0.2) is 9.78 Å². The van der Waals surface area contributed by atoms with E-state index in [-0.39, 0.29) is 24.3 Å². The van der Waals surface area contributed by atoms with Gasteiger partial charge < -0.3 is 14.5 Å². The van der Waals surface area contributed by atoms with Crippen LogP contribution in [-0.2, 0) is 16.1 Å². The smallest absolute Gasteiger partial charge is 0.347 e. The minimum atomic E-state index is -0.523. The van der Waals surface area contributed by atoms with E-state index in [0.717, 1.165) is 11.1 Å². The number of fused-ring (bicyclic) bond motifs is 1. The molecule has 0 fully saturated rings. The minimum absolute atomic E-state index is 0.0176. The van der Waals surface area contributed by atoms with Crippen LogP contribution in [0.25, 0.3) is 10.9 Å². The van der Waals surface area contributed by atoms with Crippen molar-refractivity contribution in [3.05, 3.63) is 76.0 Å². The summed E-state index contributed by atoms with van der Waals surface area (Å²) >= 11 is 0. The zero-order valence-corrected chi connectivity index (χ0v) is 16.3. The largest absolute Gasteiger partial charge is 0.406 e. The predicted molar refractivity (Wildman–Crippen MR) is 107 cm³/mol. The molecular weight excluding hydrogens is 356 g/mol. The lowest BCUT2D eigenvalue weighted by atomic mass is 10.0. The third-order valence-electron chi connectivity index (χ3n) is 4.48. The first kappa shape index (κ1) is 19.8. The van der Waals surface area contributed by atoms with Crippen LogP contribution < -0.4 is 10.9 Å². The summed E-state index contributed by atoms with van der Waals surface area (Å²) in [5.41, 5.74) is 1.92. The normalized spacial score (nSPS) is 12.3. The average molecular weight is 380 g/mol. The highest BCUT2D eigenvalue weighted by molar-refractivity contribution is 5.80. The van der Waals surface area contributed by atoms with Crippen molar-refractivity contribution in [2.75, 3.05) is 6.61 Å². The molecule has 1 atom stereocenters. The first-order valence-corrected chi connectivity index (χ1v) is 9.27. The van der Waals surface area contributed by atoms with Crippen LogP contribution in [0.5, 0.6) is 0 Å². The lowest BCUT2D eigenvalue weighted by Crippen LogP contribution is -2.35. The molecule has 0 radical (unpaired) electrons. The van der Waals surface area contributed by atoms with Crippen molar-refractivity contribution in [1.29, 1.82) is 0 Å². The zero-order chi connectivity index (χ0) is 20.1. The van der Waals surface area contributed by atoms with Gasteiger partial charge in [0, 0.05) is 0 Å². The molecule has 0 saturated carbocycles. The molecule has 146 valence electrons. The Morgan fingerprint density at radius 2 is 1.89 bits per heavy atom. The fourth-order valence-electron chi connectivity index (χ4n) is 3.00. The van der Waals surface area contributed by atoms with Crippen molar-refractivity contribution in [3.63, 3.8) is 0 Å². The van der Waals surface area contributed by atoms with Gasteiger partial charge in [-0.05, 0) is 30.0 Å². The number of aryl methyl sites for hydroxylation is 1. The summed E-state index contributed by atoms with van der Waals surface area (Å²) in [5.74, 6) is -0.103. The van der Waals surface area contributed by atoms with E-state index in [1.807, 2.05) is 63.2 Å². The van der Waals surface area contributed by atoms with E-state index in [1.165, 1.54) is 0 Å². The molecule has 1 unspecified atom stereocenters. The molecule has 1 amide bonds. The Morgan fingerprint density at radius 3 is 2.61 bits per heavy atom. The van der Waals surface area contributed by atoms with Crippen LogP contribution in [0.15, 0.2) is 57.7 Å². The highest BCUT2D eigenvalue weighted by Crippen LogP contribution is 2.22. The molecule has 2 aromatic carbocycles. The molecule has 0 aliphatic heterocycles. The molecule has 0 aliphatic carbocycles. The minimum Gasteiger partial charge on any atom is -0.406 e. The van der Waals surface area contributed by atoms with Crippen LogP contribution in [0.2, 0.25) is 0 Å². The number of nitrogens with one attached hydrogen (secondary N) is 1. The Labute approximate surface area is 163 Å². The summed E-state index contributed by atoms with van der Waals surface area (Å²) in [6.45, 7) is 5.96. The van der Waals surface area contributed by atoms with E-state index >= 15 is 0 Å². The van der Waals surface area contributed by atoms with Gasteiger partial charge in [-0.15, -0.1) is 0 Å². The Balaban J connectivity index is 1.72. The molecule has 0 saturated heterocycles. The Morgan fingerprint density at radius 1 is 1.14 bits per heavy atom. The van der Waals surface area contributed by atoms with Crippen molar-refractivity contribution < 1.29 is 13.9 Å². The van der Waals surface area contributed by atoms with E-state index in [9.17, 15) is 9.59 Å². The van der Waals surface area contributed by atoms with Crippen molar-refractivity contribution in [2.45, 2.75) is 33.4 Å². The van der Waals surface area contributed by atoms with Gasteiger partial charge in [0.1, 0.15) is 12.6 Å². The summed E-state index contributed by atoms with van der Waals surface area (Å²) < 4.78 is 10.9. The standard InChI is InChI=1S/C22H24N2O4/c1-14(2)20(24-18(25)13-27-12-16-9-5-4-6-10-16)21-23-17-11-7-8-15(3)19(17)22(26)28-21/h4-11,14,20H,12-13H2,1-3H3,(H,24,25). The lowest BCUT2D eigenvalue weighted by Gasteiger charge is -2.20. The van der Waals surface area contributed by atoms with Crippen molar-refractivity contribution in [1.82, 2.24) is 10.3 Å². The van der Waals surface area contributed by atoms with Gasteiger partial charge >= 0.3 is 5.63 Å². The van der Waals surface area contributed by atoms with Gasteiger partial charge in [0.05, 0.1) is 17.5 Å². The average Bonchev–Trinajstić information content (AvgIpc) is 2.66.